The Balaban J connectivity index is 2.11. The molecule has 7 heteroatoms. The molecule has 2 rings (SSSR count). The maximum Gasteiger partial charge on any atom is 0.312 e. The smallest absolute Gasteiger partial charge is 0.312 e. The lowest BCUT2D eigenvalue weighted by Crippen LogP contribution is -2.12. The number of rotatable bonds is 5. The van der Waals surface area contributed by atoms with Crippen LogP contribution in [0.4, 0.5) is 5.69 Å². The van der Waals surface area contributed by atoms with Crippen LogP contribution < -0.4 is 4.74 Å². The van der Waals surface area contributed by atoms with Gasteiger partial charge in [-0.2, -0.15) is 0 Å². The normalized spacial score (nSPS) is 10.2. The summed E-state index contributed by atoms with van der Waals surface area (Å²) < 4.78 is 5.82. The maximum absolute atomic E-state index is 11.9. The van der Waals surface area contributed by atoms with Crippen molar-refractivity contribution < 1.29 is 14.5 Å². The Kier molecular flexibility index (Phi) is 4.93. The summed E-state index contributed by atoms with van der Waals surface area (Å²) in [6, 6.07) is 10.7. The second-order valence-corrected chi connectivity index (χ2v) is 5.44. The summed E-state index contributed by atoms with van der Waals surface area (Å²) >= 11 is 8.89. The molecule has 2 aromatic rings. The molecule has 0 amide bonds. The van der Waals surface area contributed by atoms with Crippen molar-refractivity contribution in [2.45, 2.75) is 0 Å². The van der Waals surface area contributed by atoms with Gasteiger partial charge in [0.15, 0.2) is 18.1 Å². The number of nitrogens with zero attached hydrogens (tertiary/aromatic N) is 1. The second-order valence-electron chi connectivity index (χ2n) is 4.09. The first-order chi connectivity index (χ1) is 9.97. The number of nitro groups is 1. The van der Waals surface area contributed by atoms with Crippen molar-refractivity contribution in [1.82, 2.24) is 0 Å². The Morgan fingerprint density at radius 2 is 1.90 bits per heavy atom. The highest BCUT2D eigenvalue weighted by Gasteiger charge is 2.17. The van der Waals surface area contributed by atoms with E-state index in [2.05, 4.69) is 15.9 Å². The van der Waals surface area contributed by atoms with E-state index >= 15 is 0 Å². The zero-order valence-corrected chi connectivity index (χ0v) is 12.9. The van der Waals surface area contributed by atoms with Crippen LogP contribution in [-0.4, -0.2) is 17.3 Å². The fourth-order valence-electron chi connectivity index (χ4n) is 1.62. The number of benzene rings is 2. The largest absolute Gasteiger partial charge is 0.478 e. The molecule has 0 bridgehead atoms. The van der Waals surface area contributed by atoms with Crippen LogP contribution in [0, 0.1) is 10.1 Å². The minimum absolute atomic E-state index is 0.0468. The van der Waals surface area contributed by atoms with E-state index in [1.165, 1.54) is 12.1 Å². The summed E-state index contributed by atoms with van der Waals surface area (Å²) in [5.41, 5.74) is 0.229. The molecule has 0 aromatic heterocycles. The van der Waals surface area contributed by atoms with E-state index in [0.29, 0.717) is 15.1 Å². The van der Waals surface area contributed by atoms with Gasteiger partial charge in [-0.15, -0.1) is 0 Å². The number of carbonyl (C=O) groups excluding carboxylic acids is 1. The summed E-state index contributed by atoms with van der Waals surface area (Å²) in [6.45, 7) is -0.288. The fourth-order valence-corrected chi connectivity index (χ4v) is 2.09. The molecule has 0 fully saturated rings. The van der Waals surface area contributed by atoms with E-state index in [4.69, 9.17) is 16.3 Å². The number of hydrogen-bond donors (Lipinski definition) is 0. The summed E-state index contributed by atoms with van der Waals surface area (Å²) in [5.74, 6) is -0.241. The zero-order valence-electron chi connectivity index (χ0n) is 10.6. The van der Waals surface area contributed by atoms with Gasteiger partial charge in [0.25, 0.3) is 0 Å². The number of ether oxygens (including phenoxy) is 1. The standard InChI is InChI=1S/C14H9BrClNO4/c15-10-3-6-14(12(7-10)17(19)20)21-8-13(18)9-1-4-11(16)5-2-9/h1-7H,8H2. The van der Waals surface area contributed by atoms with E-state index in [-0.39, 0.29) is 23.8 Å². The lowest BCUT2D eigenvalue weighted by molar-refractivity contribution is -0.385. The molecule has 21 heavy (non-hydrogen) atoms. The quantitative estimate of drug-likeness (QED) is 0.448. The first-order valence-corrected chi connectivity index (χ1v) is 7.00. The third-order valence-corrected chi connectivity index (χ3v) is 3.39. The number of carbonyl (C=O) groups is 1. The van der Waals surface area contributed by atoms with Crippen molar-refractivity contribution in [3.63, 3.8) is 0 Å². The van der Waals surface area contributed by atoms with Crippen molar-refractivity contribution >= 4 is 39.0 Å². The number of halogens is 2. The third-order valence-electron chi connectivity index (χ3n) is 2.64. The molecule has 0 atom stereocenters. The predicted molar refractivity (Wildman–Crippen MR) is 82.1 cm³/mol. The molecule has 0 radical (unpaired) electrons. The average Bonchev–Trinajstić information content (AvgIpc) is 2.46. The molecule has 0 unspecified atom stereocenters. The fraction of sp³-hybridized carbons (Fsp3) is 0.0714. The lowest BCUT2D eigenvalue weighted by atomic mass is 10.1. The SMILES string of the molecule is O=C(COc1ccc(Br)cc1[N+](=O)[O-])c1ccc(Cl)cc1. The monoisotopic (exact) mass is 369 g/mol. The van der Waals surface area contributed by atoms with Crippen LogP contribution in [0.3, 0.4) is 0 Å². The Morgan fingerprint density at radius 1 is 1.24 bits per heavy atom. The molecule has 0 spiro atoms. The van der Waals surface area contributed by atoms with E-state index < -0.39 is 4.92 Å². The van der Waals surface area contributed by atoms with Gasteiger partial charge < -0.3 is 4.74 Å². The molecular weight excluding hydrogens is 362 g/mol. The zero-order chi connectivity index (χ0) is 15.4. The number of nitro benzene ring substituents is 1. The van der Waals surface area contributed by atoms with Gasteiger partial charge in [-0.05, 0) is 36.4 Å². The maximum atomic E-state index is 11.9. The highest BCUT2D eigenvalue weighted by atomic mass is 79.9. The molecule has 0 aliphatic carbocycles. The molecular formula is C14H9BrClNO4. The van der Waals surface area contributed by atoms with Gasteiger partial charge >= 0.3 is 5.69 Å². The van der Waals surface area contributed by atoms with Gasteiger partial charge in [0.1, 0.15) is 0 Å². The Hall–Kier alpha value is -1.92. The summed E-state index contributed by atoms with van der Waals surface area (Å²) in [6.07, 6.45) is 0. The Labute approximate surface area is 133 Å². The number of hydrogen-bond acceptors (Lipinski definition) is 4. The predicted octanol–water partition coefficient (Wildman–Crippen LogP) is 4.27. The Bertz CT molecular complexity index is 688. The Morgan fingerprint density at radius 3 is 2.52 bits per heavy atom. The van der Waals surface area contributed by atoms with Crippen molar-refractivity contribution in [3.8, 4) is 5.75 Å². The highest BCUT2D eigenvalue weighted by Crippen LogP contribution is 2.30. The van der Waals surface area contributed by atoms with Crippen molar-refractivity contribution in [2.75, 3.05) is 6.61 Å². The van der Waals surface area contributed by atoms with Gasteiger partial charge in [-0.25, -0.2) is 0 Å². The molecule has 0 aliphatic heterocycles. The number of ketones is 1. The van der Waals surface area contributed by atoms with Crippen LogP contribution in [0.2, 0.25) is 5.02 Å². The first-order valence-electron chi connectivity index (χ1n) is 5.83. The average molecular weight is 371 g/mol. The van der Waals surface area contributed by atoms with Crippen molar-refractivity contribution in [1.29, 1.82) is 0 Å². The van der Waals surface area contributed by atoms with Gasteiger partial charge in [0, 0.05) is 21.1 Å². The van der Waals surface area contributed by atoms with Crippen LogP contribution in [0.25, 0.3) is 0 Å². The molecule has 0 saturated heterocycles. The first kappa shape index (κ1) is 15.5. The van der Waals surface area contributed by atoms with E-state index in [1.54, 1.807) is 30.3 Å². The summed E-state index contributed by atoms with van der Waals surface area (Å²) in [7, 11) is 0. The molecule has 0 heterocycles. The van der Waals surface area contributed by atoms with E-state index in [9.17, 15) is 14.9 Å². The second kappa shape index (κ2) is 6.69. The van der Waals surface area contributed by atoms with Crippen LogP contribution in [0.1, 0.15) is 10.4 Å². The minimum Gasteiger partial charge on any atom is -0.478 e. The molecule has 5 nitrogen and oxygen atoms in total. The lowest BCUT2D eigenvalue weighted by Gasteiger charge is -2.06. The molecule has 108 valence electrons. The topological polar surface area (TPSA) is 69.4 Å². The van der Waals surface area contributed by atoms with Crippen LogP contribution in [0.5, 0.6) is 5.75 Å². The van der Waals surface area contributed by atoms with Crippen LogP contribution in [0.15, 0.2) is 46.9 Å². The van der Waals surface area contributed by atoms with Crippen LogP contribution >= 0.6 is 27.5 Å². The molecule has 0 aliphatic rings. The molecule has 2 aromatic carbocycles. The summed E-state index contributed by atoms with van der Waals surface area (Å²) in [4.78, 5) is 22.3. The van der Waals surface area contributed by atoms with Crippen LogP contribution in [-0.2, 0) is 0 Å². The highest BCUT2D eigenvalue weighted by molar-refractivity contribution is 9.10. The van der Waals surface area contributed by atoms with E-state index in [0.717, 1.165) is 0 Å². The van der Waals surface area contributed by atoms with Crippen molar-refractivity contribution in [2.24, 2.45) is 0 Å². The molecule has 0 N–H and O–H groups in total. The summed E-state index contributed by atoms with van der Waals surface area (Å²) in [5, 5.41) is 11.5. The van der Waals surface area contributed by atoms with Gasteiger partial charge in [0.05, 0.1) is 4.92 Å². The van der Waals surface area contributed by atoms with Gasteiger partial charge in [0.2, 0.25) is 0 Å². The van der Waals surface area contributed by atoms with E-state index in [1.807, 2.05) is 0 Å². The number of Topliss-reactive ketones (excluding diaryl/α,β-unsaturated/α-hetero) is 1. The van der Waals surface area contributed by atoms with Gasteiger partial charge in [-0.3, -0.25) is 14.9 Å². The molecule has 0 saturated carbocycles. The third kappa shape index (κ3) is 4.03. The van der Waals surface area contributed by atoms with Crippen molar-refractivity contribution in [3.05, 3.63) is 67.6 Å². The minimum atomic E-state index is -0.563. The van der Waals surface area contributed by atoms with Gasteiger partial charge in [-0.1, -0.05) is 27.5 Å².